The second-order valence-electron chi connectivity index (χ2n) is 5.39. The van der Waals surface area contributed by atoms with E-state index in [1.165, 1.54) is 12.4 Å². The van der Waals surface area contributed by atoms with Crippen molar-refractivity contribution >= 4 is 16.6 Å². The predicted molar refractivity (Wildman–Crippen MR) is 82.2 cm³/mol. The van der Waals surface area contributed by atoms with Crippen molar-refractivity contribution in [3.8, 4) is 0 Å². The van der Waals surface area contributed by atoms with Gasteiger partial charge in [-0.2, -0.15) is 0 Å². The molecule has 1 N–H and O–H groups in total. The highest BCUT2D eigenvalue weighted by molar-refractivity contribution is 5.83. The monoisotopic (exact) mass is 288 g/mol. The van der Waals surface area contributed by atoms with Gasteiger partial charge in [0.2, 0.25) is 0 Å². The van der Waals surface area contributed by atoms with E-state index in [9.17, 15) is 10.1 Å². The van der Waals surface area contributed by atoms with Crippen molar-refractivity contribution in [2.75, 3.05) is 6.54 Å². The van der Waals surface area contributed by atoms with Crippen LogP contribution in [0.25, 0.3) is 10.9 Å². The van der Waals surface area contributed by atoms with Gasteiger partial charge in [0, 0.05) is 30.0 Å². The number of likely N-dealkylation sites (N-methyl/N-ethyl adjacent to an activating group) is 1. The van der Waals surface area contributed by atoms with Crippen molar-refractivity contribution < 1.29 is 4.92 Å². The van der Waals surface area contributed by atoms with E-state index in [2.05, 4.69) is 36.1 Å². The molecule has 0 saturated carbocycles. The Morgan fingerprint density at radius 1 is 1.33 bits per heavy atom. The van der Waals surface area contributed by atoms with Crippen LogP contribution in [0.4, 0.5) is 5.69 Å². The minimum absolute atomic E-state index is 0.0723. The van der Waals surface area contributed by atoms with E-state index in [1.54, 1.807) is 12.1 Å². The second-order valence-corrected chi connectivity index (χ2v) is 5.39. The van der Waals surface area contributed by atoms with Gasteiger partial charge in [0.15, 0.2) is 0 Å². The fourth-order valence-corrected chi connectivity index (χ4v) is 2.39. The maximum atomic E-state index is 10.9. The standard InChI is InChI=1S/C15H20N4O2/c1-4-16-14(10(2)3)8-15-12-7-11(19(20)21)5-6-13(12)17-9-18-15/h5-7,9-10,14,16H,4,8H2,1-3H3. The summed E-state index contributed by atoms with van der Waals surface area (Å²) in [4.78, 5) is 19.1. The minimum Gasteiger partial charge on any atom is -0.314 e. The number of benzene rings is 1. The van der Waals surface area contributed by atoms with Crippen molar-refractivity contribution in [3.05, 3.63) is 40.3 Å². The van der Waals surface area contributed by atoms with E-state index in [1.807, 2.05) is 0 Å². The molecule has 0 amide bonds. The molecule has 0 aliphatic heterocycles. The SMILES string of the molecule is CCNC(Cc1ncnc2ccc([N+](=O)[O-])cc12)C(C)C. The smallest absolute Gasteiger partial charge is 0.270 e. The Balaban J connectivity index is 2.42. The number of nitrogens with zero attached hydrogens (tertiary/aromatic N) is 3. The molecule has 0 aliphatic rings. The summed E-state index contributed by atoms with van der Waals surface area (Å²) >= 11 is 0. The van der Waals surface area contributed by atoms with Crippen LogP contribution in [0.2, 0.25) is 0 Å². The van der Waals surface area contributed by atoms with Crippen LogP contribution in [-0.4, -0.2) is 27.5 Å². The van der Waals surface area contributed by atoms with Crippen LogP contribution in [0.1, 0.15) is 26.5 Å². The highest BCUT2D eigenvalue weighted by Crippen LogP contribution is 2.23. The third-order valence-electron chi connectivity index (χ3n) is 3.60. The number of non-ortho nitro benzene ring substituents is 1. The molecule has 0 fully saturated rings. The largest absolute Gasteiger partial charge is 0.314 e. The highest BCUT2D eigenvalue weighted by atomic mass is 16.6. The van der Waals surface area contributed by atoms with Crippen LogP contribution in [0, 0.1) is 16.0 Å². The van der Waals surface area contributed by atoms with Gasteiger partial charge in [-0.3, -0.25) is 10.1 Å². The second kappa shape index (κ2) is 6.58. The molecule has 0 spiro atoms. The van der Waals surface area contributed by atoms with Gasteiger partial charge >= 0.3 is 0 Å². The molecule has 2 aromatic rings. The molecule has 0 saturated heterocycles. The fourth-order valence-electron chi connectivity index (χ4n) is 2.39. The van der Waals surface area contributed by atoms with E-state index >= 15 is 0 Å². The molecule has 0 bridgehead atoms. The van der Waals surface area contributed by atoms with Crippen molar-refractivity contribution in [2.45, 2.75) is 33.2 Å². The first-order valence-electron chi connectivity index (χ1n) is 7.14. The van der Waals surface area contributed by atoms with Gasteiger partial charge in [0.05, 0.1) is 16.1 Å². The van der Waals surface area contributed by atoms with Gasteiger partial charge in [-0.15, -0.1) is 0 Å². The molecule has 1 aromatic heterocycles. The predicted octanol–water partition coefficient (Wildman–Crippen LogP) is 2.71. The summed E-state index contributed by atoms with van der Waals surface area (Å²) in [5, 5.41) is 15.1. The molecule has 1 aromatic carbocycles. The van der Waals surface area contributed by atoms with Gasteiger partial charge in [-0.25, -0.2) is 9.97 Å². The molecular weight excluding hydrogens is 268 g/mol. The molecule has 0 radical (unpaired) electrons. The Morgan fingerprint density at radius 2 is 2.10 bits per heavy atom. The molecule has 2 rings (SSSR count). The number of hydrogen-bond acceptors (Lipinski definition) is 5. The zero-order chi connectivity index (χ0) is 15.4. The van der Waals surface area contributed by atoms with E-state index in [0.717, 1.165) is 29.6 Å². The quantitative estimate of drug-likeness (QED) is 0.653. The number of fused-ring (bicyclic) bond motifs is 1. The Kier molecular flexibility index (Phi) is 4.80. The van der Waals surface area contributed by atoms with Crippen molar-refractivity contribution in [3.63, 3.8) is 0 Å². The molecule has 6 heteroatoms. The van der Waals surface area contributed by atoms with Gasteiger partial charge in [-0.05, 0) is 18.5 Å². The first-order chi connectivity index (χ1) is 10.0. The van der Waals surface area contributed by atoms with Gasteiger partial charge < -0.3 is 5.32 Å². The maximum Gasteiger partial charge on any atom is 0.270 e. The first-order valence-corrected chi connectivity index (χ1v) is 7.14. The summed E-state index contributed by atoms with van der Waals surface area (Å²) in [5.41, 5.74) is 1.66. The lowest BCUT2D eigenvalue weighted by molar-refractivity contribution is -0.384. The lowest BCUT2D eigenvalue weighted by Crippen LogP contribution is -2.35. The minimum atomic E-state index is -0.388. The summed E-state index contributed by atoms with van der Waals surface area (Å²) in [6.07, 6.45) is 2.25. The Hall–Kier alpha value is -2.08. The van der Waals surface area contributed by atoms with Crippen LogP contribution >= 0.6 is 0 Å². The van der Waals surface area contributed by atoms with Crippen molar-refractivity contribution in [1.82, 2.24) is 15.3 Å². The topological polar surface area (TPSA) is 81.0 Å². The molecular formula is C15H20N4O2. The van der Waals surface area contributed by atoms with E-state index in [4.69, 9.17) is 0 Å². The van der Waals surface area contributed by atoms with Crippen molar-refractivity contribution in [2.24, 2.45) is 5.92 Å². The third kappa shape index (κ3) is 3.52. The molecule has 21 heavy (non-hydrogen) atoms. The Morgan fingerprint density at radius 3 is 2.71 bits per heavy atom. The Bertz CT molecular complexity index is 643. The molecule has 1 heterocycles. The summed E-state index contributed by atoms with van der Waals surface area (Å²) in [7, 11) is 0. The van der Waals surface area contributed by atoms with Gasteiger partial charge in [0.1, 0.15) is 6.33 Å². The fraction of sp³-hybridized carbons (Fsp3) is 0.467. The summed E-state index contributed by atoms with van der Waals surface area (Å²) in [6, 6.07) is 5.00. The molecule has 112 valence electrons. The average Bonchev–Trinajstić information content (AvgIpc) is 2.46. The van der Waals surface area contributed by atoms with Crippen LogP contribution in [0.3, 0.4) is 0 Å². The number of nitrogens with one attached hydrogen (secondary N) is 1. The Labute approximate surface area is 123 Å². The van der Waals surface area contributed by atoms with Crippen LogP contribution in [0.5, 0.6) is 0 Å². The summed E-state index contributed by atoms with van der Waals surface area (Å²) in [6.45, 7) is 7.25. The van der Waals surface area contributed by atoms with Gasteiger partial charge in [0.25, 0.3) is 5.69 Å². The first kappa shape index (κ1) is 15.3. The normalized spacial score (nSPS) is 12.8. The van der Waals surface area contributed by atoms with Gasteiger partial charge in [-0.1, -0.05) is 20.8 Å². The number of aromatic nitrogens is 2. The summed E-state index contributed by atoms with van der Waals surface area (Å²) < 4.78 is 0. The zero-order valence-electron chi connectivity index (χ0n) is 12.5. The number of nitro benzene ring substituents is 1. The van der Waals surface area contributed by atoms with Crippen LogP contribution in [0.15, 0.2) is 24.5 Å². The number of nitro groups is 1. The van der Waals surface area contributed by atoms with Crippen molar-refractivity contribution in [1.29, 1.82) is 0 Å². The van der Waals surface area contributed by atoms with E-state index in [0.29, 0.717) is 5.92 Å². The average molecular weight is 288 g/mol. The van der Waals surface area contributed by atoms with E-state index in [-0.39, 0.29) is 16.7 Å². The maximum absolute atomic E-state index is 10.9. The zero-order valence-corrected chi connectivity index (χ0v) is 12.5. The molecule has 0 aliphatic carbocycles. The number of rotatable bonds is 6. The summed E-state index contributed by atoms with van der Waals surface area (Å²) in [5.74, 6) is 0.452. The van der Waals surface area contributed by atoms with Crippen LogP contribution in [-0.2, 0) is 6.42 Å². The molecule has 1 atom stereocenters. The number of hydrogen-bond donors (Lipinski definition) is 1. The van der Waals surface area contributed by atoms with E-state index < -0.39 is 0 Å². The molecule has 1 unspecified atom stereocenters. The third-order valence-corrected chi connectivity index (χ3v) is 3.60. The molecule has 6 nitrogen and oxygen atoms in total. The lowest BCUT2D eigenvalue weighted by atomic mass is 9.97. The highest BCUT2D eigenvalue weighted by Gasteiger charge is 2.17. The van der Waals surface area contributed by atoms with Crippen LogP contribution < -0.4 is 5.32 Å². The lowest BCUT2D eigenvalue weighted by Gasteiger charge is -2.21.